The molecule has 0 aromatic rings. The highest BCUT2D eigenvalue weighted by Gasteiger charge is 2.07. The molecule has 1 saturated carbocycles. The van der Waals surface area contributed by atoms with E-state index in [4.69, 9.17) is 0 Å². The predicted molar refractivity (Wildman–Crippen MR) is 50.4 cm³/mol. The maximum Gasteiger partial charge on any atom is -0.0534 e. The number of hydrogen-bond donors (Lipinski definition) is 0. The lowest BCUT2D eigenvalue weighted by atomic mass is 9.86. The molecule has 0 heterocycles. The minimum atomic E-state index is 0.975. The Kier molecular flexibility index (Phi) is 3.96. The van der Waals surface area contributed by atoms with Crippen LogP contribution in [-0.2, 0) is 0 Å². The van der Waals surface area contributed by atoms with Crippen LogP contribution in [0.2, 0.25) is 0 Å². The largest absolute Gasteiger partial charge is 0.314 e. The van der Waals surface area contributed by atoms with E-state index in [2.05, 4.69) is 13.8 Å². The van der Waals surface area contributed by atoms with Gasteiger partial charge in [0.25, 0.3) is 0 Å². The highest BCUT2D eigenvalue weighted by atomic mass is 14.2. The molecule has 0 spiro atoms. The van der Waals surface area contributed by atoms with Gasteiger partial charge in [0.1, 0.15) is 0 Å². The minimum absolute atomic E-state index is 0.975. The van der Waals surface area contributed by atoms with Crippen molar-refractivity contribution in [2.24, 2.45) is 5.92 Å². The Balaban J connectivity index is 2.30. The van der Waals surface area contributed by atoms with Crippen molar-refractivity contribution in [3.63, 3.8) is 0 Å². The lowest BCUT2D eigenvalue weighted by molar-refractivity contribution is 0.460. The van der Waals surface area contributed by atoms with Gasteiger partial charge in [-0.2, -0.15) is 19.3 Å². The van der Waals surface area contributed by atoms with Crippen molar-refractivity contribution in [2.45, 2.75) is 58.8 Å². The molecule has 0 aromatic heterocycles. The fourth-order valence-electron chi connectivity index (χ4n) is 2.06. The first-order chi connectivity index (χ1) is 5.34. The second-order valence-electron chi connectivity index (χ2n) is 3.89. The van der Waals surface area contributed by atoms with E-state index in [1.54, 1.807) is 5.92 Å². The standard InChI is InChI=1S/C11H21/c1-3-10(2)11-8-6-4-5-7-9-11/h11H,3-9H2,1-2H3/q-1. The minimum Gasteiger partial charge on any atom is -0.314 e. The summed E-state index contributed by atoms with van der Waals surface area (Å²) in [7, 11) is 0. The van der Waals surface area contributed by atoms with Crippen LogP contribution in [0.3, 0.4) is 0 Å². The van der Waals surface area contributed by atoms with Gasteiger partial charge in [0, 0.05) is 0 Å². The molecule has 0 aromatic carbocycles. The zero-order chi connectivity index (χ0) is 8.10. The van der Waals surface area contributed by atoms with Gasteiger partial charge in [0.05, 0.1) is 0 Å². The zero-order valence-corrected chi connectivity index (χ0v) is 8.03. The first-order valence-electron chi connectivity index (χ1n) is 5.17. The van der Waals surface area contributed by atoms with E-state index >= 15 is 0 Å². The second-order valence-corrected chi connectivity index (χ2v) is 3.89. The van der Waals surface area contributed by atoms with Gasteiger partial charge in [0.2, 0.25) is 0 Å². The van der Waals surface area contributed by atoms with Gasteiger partial charge in [0.15, 0.2) is 0 Å². The first kappa shape index (κ1) is 9.09. The molecule has 0 unspecified atom stereocenters. The molecule has 66 valence electrons. The summed E-state index contributed by atoms with van der Waals surface area (Å²) in [6, 6.07) is 0. The second kappa shape index (κ2) is 4.79. The monoisotopic (exact) mass is 153 g/mol. The number of hydrogen-bond acceptors (Lipinski definition) is 0. The molecule has 0 heteroatoms. The Morgan fingerprint density at radius 3 is 2.09 bits per heavy atom. The Labute approximate surface area is 71.4 Å². The summed E-state index contributed by atoms with van der Waals surface area (Å²) in [5, 5.41) is 0. The van der Waals surface area contributed by atoms with Gasteiger partial charge in [-0.25, -0.2) is 0 Å². The van der Waals surface area contributed by atoms with Gasteiger partial charge in [-0.1, -0.05) is 45.4 Å². The van der Waals surface area contributed by atoms with Crippen molar-refractivity contribution in [1.29, 1.82) is 0 Å². The van der Waals surface area contributed by atoms with Gasteiger partial charge < -0.3 is 5.92 Å². The Bertz CT molecular complexity index is 88.2. The van der Waals surface area contributed by atoms with Crippen LogP contribution >= 0.6 is 0 Å². The van der Waals surface area contributed by atoms with Crippen LogP contribution in [-0.4, -0.2) is 0 Å². The van der Waals surface area contributed by atoms with Gasteiger partial charge in [-0.3, -0.25) is 0 Å². The van der Waals surface area contributed by atoms with E-state index in [9.17, 15) is 0 Å². The average Bonchev–Trinajstić information content (AvgIpc) is 2.30. The Morgan fingerprint density at radius 1 is 1.09 bits per heavy atom. The summed E-state index contributed by atoms with van der Waals surface area (Å²) < 4.78 is 0. The van der Waals surface area contributed by atoms with Crippen molar-refractivity contribution in [3.8, 4) is 0 Å². The summed E-state index contributed by atoms with van der Waals surface area (Å²) in [4.78, 5) is 0. The molecule has 11 heavy (non-hydrogen) atoms. The van der Waals surface area contributed by atoms with E-state index < -0.39 is 0 Å². The lowest BCUT2D eigenvalue weighted by Crippen LogP contribution is -2.07. The molecule has 1 rings (SSSR count). The molecule has 0 saturated heterocycles. The molecule has 1 fully saturated rings. The van der Waals surface area contributed by atoms with Crippen LogP contribution in [0, 0.1) is 11.8 Å². The van der Waals surface area contributed by atoms with Crippen LogP contribution in [0.4, 0.5) is 0 Å². The fourth-order valence-corrected chi connectivity index (χ4v) is 2.06. The molecule has 1 aliphatic carbocycles. The topological polar surface area (TPSA) is 0 Å². The van der Waals surface area contributed by atoms with Crippen LogP contribution in [0.25, 0.3) is 0 Å². The fraction of sp³-hybridized carbons (Fsp3) is 0.909. The molecular formula is C11H21-. The quantitative estimate of drug-likeness (QED) is 0.416. The van der Waals surface area contributed by atoms with Crippen LogP contribution < -0.4 is 0 Å². The van der Waals surface area contributed by atoms with E-state index in [1.165, 1.54) is 44.9 Å². The first-order valence-corrected chi connectivity index (χ1v) is 5.17. The van der Waals surface area contributed by atoms with E-state index in [-0.39, 0.29) is 0 Å². The summed E-state index contributed by atoms with van der Waals surface area (Å²) in [5.74, 6) is 2.72. The highest BCUT2D eigenvalue weighted by molar-refractivity contribution is 4.91. The van der Waals surface area contributed by atoms with E-state index in [0.717, 1.165) is 5.92 Å². The third-order valence-corrected chi connectivity index (χ3v) is 3.11. The van der Waals surface area contributed by atoms with Crippen molar-refractivity contribution >= 4 is 0 Å². The van der Waals surface area contributed by atoms with Crippen LogP contribution in [0.1, 0.15) is 58.8 Å². The van der Waals surface area contributed by atoms with Crippen LogP contribution in [0.5, 0.6) is 0 Å². The van der Waals surface area contributed by atoms with Crippen LogP contribution in [0.15, 0.2) is 0 Å². The van der Waals surface area contributed by atoms with Crippen molar-refractivity contribution in [3.05, 3.63) is 5.92 Å². The summed E-state index contributed by atoms with van der Waals surface area (Å²) in [6.07, 6.45) is 10.1. The molecule has 0 bridgehead atoms. The maximum atomic E-state index is 2.34. The van der Waals surface area contributed by atoms with E-state index in [0.29, 0.717) is 0 Å². The third kappa shape index (κ3) is 2.84. The zero-order valence-electron chi connectivity index (χ0n) is 8.03. The normalized spacial score (nSPS) is 22.1. The lowest BCUT2D eigenvalue weighted by Gasteiger charge is -2.33. The molecule has 0 radical (unpaired) electrons. The molecule has 0 N–H and O–H groups in total. The third-order valence-electron chi connectivity index (χ3n) is 3.11. The summed E-state index contributed by atoms with van der Waals surface area (Å²) in [5.41, 5.74) is 0. The summed E-state index contributed by atoms with van der Waals surface area (Å²) >= 11 is 0. The van der Waals surface area contributed by atoms with Gasteiger partial charge in [-0.15, -0.1) is 0 Å². The Hall–Kier alpha value is 0. The molecule has 0 atom stereocenters. The Morgan fingerprint density at radius 2 is 1.64 bits per heavy atom. The average molecular weight is 153 g/mol. The molecule has 1 aliphatic rings. The summed E-state index contributed by atoms with van der Waals surface area (Å²) in [6.45, 7) is 4.64. The van der Waals surface area contributed by atoms with Crippen molar-refractivity contribution < 1.29 is 0 Å². The van der Waals surface area contributed by atoms with Gasteiger partial charge >= 0.3 is 0 Å². The molecule has 0 amide bonds. The van der Waals surface area contributed by atoms with Crippen molar-refractivity contribution in [2.75, 3.05) is 0 Å². The smallest absolute Gasteiger partial charge is 0.0534 e. The SMILES string of the molecule is CC[C-](C)C1CCCCCC1. The van der Waals surface area contributed by atoms with Gasteiger partial charge in [-0.05, 0) is 0 Å². The molecule has 0 nitrogen and oxygen atoms in total. The predicted octanol–water partition coefficient (Wildman–Crippen LogP) is 3.96. The maximum absolute atomic E-state index is 2.34. The molecule has 0 aliphatic heterocycles. The molecular weight excluding hydrogens is 132 g/mol. The highest BCUT2D eigenvalue weighted by Crippen LogP contribution is 2.31. The number of rotatable bonds is 2. The van der Waals surface area contributed by atoms with Crippen molar-refractivity contribution in [1.82, 2.24) is 0 Å². The van der Waals surface area contributed by atoms with E-state index in [1.807, 2.05) is 0 Å².